The monoisotopic (exact) mass is 194 g/mol. The Hall–Kier alpha value is -2.27. The van der Waals surface area contributed by atoms with E-state index in [9.17, 15) is 0 Å². The van der Waals surface area contributed by atoms with E-state index in [1.807, 2.05) is 48.5 Å². The van der Waals surface area contributed by atoms with Crippen molar-refractivity contribution in [1.82, 2.24) is 0 Å². The average molecular weight is 194 g/mol. The van der Waals surface area contributed by atoms with Gasteiger partial charge in [-0.25, -0.2) is 0 Å². The first-order valence-corrected chi connectivity index (χ1v) is 4.71. The van der Waals surface area contributed by atoms with Gasteiger partial charge >= 0.3 is 0 Å². The number of nitriles is 1. The molecule has 0 aliphatic heterocycles. The number of para-hydroxylation sites is 1. The Balaban J connectivity index is 2.22. The molecule has 72 valence electrons. The van der Waals surface area contributed by atoms with Crippen molar-refractivity contribution in [2.45, 2.75) is 0 Å². The maximum Gasteiger partial charge on any atom is 0.0992 e. The van der Waals surface area contributed by atoms with E-state index in [1.165, 1.54) is 0 Å². The van der Waals surface area contributed by atoms with Gasteiger partial charge in [0, 0.05) is 11.4 Å². The third-order valence-corrected chi connectivity index (χ3v) is 2.05. The lowest BCUT2D eigenvalue weighted by Crippen LogP contribution is -1.89. The molecular weight excluding hydrogens is 184 g/mol. The van der Waals surface area contributed by atoms with Crippen molar-refractivity contribution in [3.8, 4) is 6.07 Å². The average Bonchev–Trinajstić information content (AvgIpc) is 2.31. The Morgan fingerprint density at radius 3 is 2.33 bits per heavy atom. The van der Waals surface area contributed by atoms with E-state index in [0.717, 1.165) is 11.4 Å². The molecule has 0 radical (unpaired) electrons. The highest BCUT2D eigenvalue weighted by molar-refractivity contribution is 5.60. The summed E-state index contributed by atoms with van der Waals surface area (Å²) >= 11 is 0. The van der Waals surface area contributed by atoms with Gasteiger partial charge in [-0.05, 0) is 30.3 Å². The Morgan fingerprint density at radius 1 is 0.867 bits per heavy atom. The summed E-state index contributed by atoms with van der Waals surface area (Å²) in [6.45, 7) is 0. The summed E-state index contributed by atoms with van der Waals surface area (Å²) in [5.41, 5.74) is 2.61. The second-order valence-corrected chi connectivity index (χ2v) is 3.18. The van der Waals surface area contributed by atoms with Gasteiger partial charge in [0.2, 0.25) is 0 Å². The van der Waals surface area contributed by atoms with Crippen molar-refractivity contribution in [2.24, 2.45) is 0 Å². The largest absolute Gasteiger partial charge is 0.355 e. The van der Waals surface area contributed by atoms with Gasteiger partial charge in [-0.15, -0.1) is 0 Å². The molecule has 0 bridgehead atoms. The van der Waals surface area contributed by atoms with E-state index >= 15 is 0 Å². The first kappa shape index (κ1) is 9.29. The van der Waals surface area contributed by atoms with Crippen LogP contribution >= 0.6 is 0 Å². The van der Waals surface area contributed by atoms with Crippen LogP contribution in [0.4, 0.5) is 11.4 Å². The molecule has 1 N–H and O–H groups in total. The first-order chi connectivity index (χ1) is 7.38. The number of benzene rings is 2. The minimum absolute atomic E-state index is 0.663. The maximum absolute atomic E-state index is 8.75. The second-order valence-electron chi connectivity index (χ2n) is 3.18. The molecule has 0 amide bonds. The van der Waals surface area contributed by atoms with Gasteiger partial charge in [-0.2, -0.15) is 5.26 Å². The quantitative estimate of drug-likeness (QED) is 0.796. The summed E-state index contributed by atoms with van der Waals surface area (Å²) in [4.78, 5) is 0. The minimum atomic E-state index is 0.663. The summed E-state index contributed by atoms with van der Waals surface area (Å²) in [5, 5.41) is 12.0. The van der Waals surface area contributed by atoms with Crippen LogP contribution in [0.5, 0.6) is 0 Å². The summed E-state index contributed by atoms with van der Waals surface area (Å²) in [6.07, 6.45) is 0. The van der Waals surface area contributed by atoms with E-state index in [0.29, 0.717) is 5.56 Å². The highest BCUT2D eigenvalue weighted by Gasteiger charge is 1.94. The van der Waals surface area contributed by atoms with Crippen LogP contribution in [-0.2, 0) is 0 Å². The molecule has 0 spiro atoms. The molecule has 0 aromatic heterocycles. The van der Waals surface area contributed by atoms with Crippen LogP contribution in [0.1, 0.15) is 5.56 Å². The molecule has 0 fully saturated rings. The number of nitrogens with one attached hydrogen (secondary N) is 1. The Bertz CT molecular complexity index is 483. The lowest BCUT2D eigenvalue weighted by atomic mass is 10.2. The smallest absolute Gasteiger partial charge is 0.0992 e. The molecule has 15 heavy (non-hydrogen) atoms. The van der Waals surface area contributed by atoms with Crippen LogP contribution < -0.4 is 5.32 Å². The van der Waals surface area contributed by atoms with Gasteiger partial charge < -0.3 is 5.32 Å². The Morgan fingerprint density at radius 2 is 1.60 bits per heavy atom. The third kappa shape index (κ3) is 2.35. The van der Waals surface area contributed by atoms with Crippen molar-refractivity contribution in [3.63, 3.8) is 0 Å². The molecule has 2 aromatic rings. The lowest BCUT2D eigenvalue weighted by Gasteiger charge is -2.05. The van der Waals surface area contributed by atoms with Crippen LogP contribution in [0, 0.1) is 11.3 Å². The molecule has 2 nitrogen and oxygen atoms in total. The van der Waals surface area contributed by atoms with Crippen molar-refractivity contribution in [2.75, 3.05) is 5.32 Å². The van der Waals surface area contributed by atoms with E-state index in [4.69, 9.17) is 5.26 Å². The number of nitrogens with zero attached hydrogens (tertiary/aromatic N) is 1. The van der Waals surface area contributed by atoms with Crippen LogP contribution in [0.15, 0.2) is 54.6 Å². The highest BCUT2D eigenvalue weighted by Crippen LogP contribution is 2.16. The molecule has 0 atom stereocenters. The fraction of sp³-hybridized carbons (Fsp3) is 0. The van der Waals surface area contributed by atoms with Crippen molar-refractivity contribution < 1.29 is 0 Å². The number of hydrogen-bond acceptors (Lipinski definition) is 2. The molecule has 0 aliphatic carbocycles. The molecule has 2 rings (SSSR count). The van der Waals surface area contributed by atoms with Gasteiger partial charge in [0.15, 0.2) is 0 Å². The molecule has 0 saturated heterocycles. The normalized spacial score (nSPS) is 9.27. The fourth-order valence-corrected chi connectivity index (χ4v) is 1.35. The molecule has 0 aliphatic rings. The summed E-state index contributed by atoms with van der Waals surface area (Å²) in [6, 6.07) is 19.4. The van der Waals surface area contributed by atoms with Crippen LogP contribution in [0.3, 0.4) is 0 Å². The predicted molar refractivity (Wildman–Crippen MR) is 60.9 cm³/mol. The van der Waals surface area contributed by atoms with Crippen LogP contribution in [0.25, 0.3) is 0 Å². The SMILES string of the molecule is N#Cc1cccc(Nc2ccccc2)c1. The van der Waals surface area contributed by atoms with Crippen LogP contribution in [0.2, 0.25) is 0 Å². The molecule has 2 heteroatoms. The topological polar surface area (TPSA) is 35.8 Å². The summed E-state index contributed by atoms with van der Waals surface area (Å²) < 4.78 is 0. The number of rotatable bonds is 2. The molecule has 0 unspecified atom stereocenters. The number of anilines is 2. The third-order valence-electron chi connectivity index (χ3n) is 2.05. The van der Waals surface area contributed by atoms with Crippen molar-refractivity contribution in [3.05, 3.63) is 60.2 Å². The van der Waals surface area contributed by atoms with Gasteiger partial charge in [0.25, 0.3) is 0 Å². The van der Waals surface area contributed by atoms with E-state index in [-0.39, 0.29) is 0 Å². The molecule has 0 heterocycles. The van der Waals surface area contributed by atoms with Crippen molar-refractivity contribution >= 4 is 11.4 Å². The van der Waals surface area contributed by atoms with E-state index in [1.54, 1.807) is 6.07 Å². The zero-order valence-electron chi connectivity index (χ0n) is 8.14. The Labute approximate surface area is 88.8 Å². The zero-order valence-corrected chi connectivity index (χ0v) is 8.14. The van der Waals surface area contributed by atoms with Gasteiger partial charge in [-0.1, -0.05) is 24.3 Å². The van der Waals surface area contributed by atoms with E-state index in [2.05, 4.69) is 11.4 Å². The first-order valence-electron chi connectivity index (χ1n) is 4.71. The summed E-state index contributed by atoms with van der Waals surface area (Å²) in [7, 11) is 0. The Kier molecular flexibility index (Phi) is 2.66. The fourth-order valence-electron chi connectivity index (χ4n) is 1.35. The second kappa shape index (κ2) is 4.30. The van der Waals surface area contributed by atoms with Gasteiger partial charge in [-0.3, -0.25) is 0 Å². The summed E-state index contributed by atoms with van der Waals surface area (Å²) in [5.74, 6) is 0. The maximum atomic E-state index is 8.75. The van der Waals surface area contributed by atoms with E-state index < -0.39 is 0 Å². The number of hydrogen-bond donors (Lipinski definition) is 1. The molecule has 2 aromatic carbocycles. The predicted octanol–water partition coefficient (Wildman–Crippen LogP) is 3.30. The van der Waals surface area contributed by atoms with Gasteiger partial charge in [0.05, 0.1) is 11.6 Å². The molecular formula is C13H10N2. The van der Waals surface area contributed by atoms with Crippen molar-refractivity contribution in [1.29, 1.82) is 5.26 Å². The molecule has 0 saturated carbocycles. The van der Waals surface area contributed by atoms with Crippen LogP contribution in [-0.4, -0.2) is 0 Å². The zero-order chi connectivity index (χ0) is 10.5. The lowest BCUT2D eigenvalue weighted by molar-refractivity contribution is 1.47. The highest BCUT2D eigenvalue weighted by atomic mass is 14.9. The van der Waals surface area contributed by atoms with Gasteiger partial charge in [0.1, 0.15) is 0 Å². The standard InChI is InChI=1S/C13H10N2/c14-10-11-5-4-8-13(9-11)15-12-6-2-1-3-7-12/h1-9,15H. The minimum Gasteiger partial charge on any atom is -0.355 e.